The smallest absolute Gasteiger partial charge is 0.349 e. The predicted molar refractivity (Wildman–Crippen MR) is 101 cm³/mol. The van der Waals surface area contributed by atoms with Gasteiger partial charge in [-0.05, 0) is 49.8 Å². The minimum Gasteiger partial charge on any atom is -0.459 e. The summed E-state index contributed by atoms with van der Waals surface area (Å²) < 4.78 is 5.03. The van der Waals surface area contributed by atoms with Gasteiger partial charge in [0.2, 0.25) is 0 Å². The fraction of sp³-hybridized carbons (Fsp3) is 0.150. The first kappa shape index (κ1) is 19.2. The van der Waals surface area contributed by atoms with E-state index in [0.717, 1.165) is 0 Å². The number of ether oxygens (including phenoxy) is 1. The second kappa shape index (κ2) is 8.84. The van der Waals surface area contributed by atoms with E-state index < -0.39 is 5.97 Å². The van der Waals surface area contributed by atoms with Crippen molar-refractivity contribution in [2.24, 2.45) is 0 Å². The molecule has 26 heavy (non-hydrogen) atoms. The number of halogens is 1. The molecule has 0 atom stereocenters. The largest absolute Gasteiger partial charge is 0.459 e. The molecule has 6 heteroatoms. The zero-order valence-electron chi connectivity index (χ0n) is 14.3. The molecular formula is C20H17ClN2O3. The number of nitrogens with zero attached hydrogens (tertiary/aromatic N) is 1. The Labute approximate surface area is 156 Å². The minimum atomic E-state index is -0.687. The molecule has 1 amide bonds. The number of carbonyl (C=O) groups excluding carboxylic acids is 2. The Hall–Kier alpha value is -3.10. The Kier molecular flexibility index (Phi) is 6.54. The van der Waals surface area contributed by atoms with Crippen LogP contribution in [0.15, 0.2) is 54.1 Å². The van der Waals surface area contributed by atoms with Crippen molar-refractivity contribution in [3.05, 3.63) is 70.3 Å². The highest BCUT2D eigenvalue weighted by Crippen LogP contribution is 2.19. The van der Waals surface area contributed by atoms with Crippen LogP contribution in [0.25, 0.3) is 6.08 Å². The molecule has 0 aromatic heterocycles. The molecule has 2 aromatic rings. The van der Waals surface area contributed by atoms with Crippen molar-refractivity contribution >= 4 is 35.2 Å². The van der Waals surface area contributed by atoms with Crippen molar-refractivity contribution in [1.82, 2.24) is 0 Å². The van der Waals surface area contributed by atoms with Crippen molar-refractivity contribution in [3.63, 3.8) is 0 Å². The van der Waals surface area contributed by atoms with Gasteiger partial charge in [0, 0.05) is 5.69 Å². The monoisotopic (exact) mass is 368 g/mol. The lowest BCUT2D eigenvalue weighted by Crippen LogP contribution is -2.13. The van der Waals surface area contributed by atoms with Gasteiger partial charge in [0.05, 0.1) is 16.7 Å². The zero-order valence-corrected chi connectivity index (χ0v) is 15.1. The SMILES string of the molecule is CC(C)OC(=O)C(C#N)=Cc1cccc(NC(=O)c2ccccc2Cl)c1. The minimum absolute atomic E-state index is 0.117. The van der Waals surface area contributed by atoms with Gasteiger partial charge in [0.1, 0.15) is 11.6 Å². The number of hydrogen-bond acceptors (Lipinski definition) is 4. The molecule has 0 heterocycles. The Bertz CT molecular complexity index is 898. The van der Waals surface area contributed by atoms with E-state index in [4.69, 9.17) is 21.6 Å². The van der Waals surface area contributed by atoms with Crippen molar-refractivity contribution < 1.29 is 14.3 Å². The molecule has 132 valence electrons. The average molecular weight is 369 g/mol. The number of nitrogens with one attached hydrogen (secondary N) is 1. The second-order valence-electron chi connectivity index (χ2n) is 5.68. The second-order valence-corrected chi connectivity index (χ2v) is 6.09. The Balaban J connectivity index is 2.21. The lowest BCUT2D eigenvalue weighted by Gasteiger charge is -2.08. The van der Waals surface area contributed by atoms with E-state index in [1.54, 1.807) is 62.4 Å². The van der Waals surface area contributed by atoms with Gasteiger partial charge in [-0.2, -0.15) is 5.26 Å². The van der Waals surface area contributed by atoms with E-state index in [1.807, 2.05) is 6.07 Å². The third-order valence-corrected chi connectivity index (χ3v) is 3.59. The summed E-state index contributed by atoms with van der Waals surface area (Å²) in [6.07, 6.45) is 1.09. The fourth-order valence-corrected chi connectivity index (χ4v) is 2.35. The van der Waals surface area contributed by atoms with Crippen LogP contribution >= 0.6 is 11.6 Å². The summed E-state index contributed by atoms with van der Waals surface area (Å²) in [4.78, 5) is 24.2. The summed E-state index contributed by atoms with van der Waals surface area (Å²) in [5, 5.41) is 12.3. The van der Waals surface area contributed by atoms with E-state index >= 15 is 0 Å². The molecule has 1 N–H and O–H groups in total. The number of carbonyl (C=O) groups is 2. The van der Waals surface area contributed by atoms with Crippen molar-refractivity contribution in [3.8, 4) is 6.07 Å². The zero-order chi connectivity index (χ0) is 19.1. The lowest BCUT2D eigenvalue weighted by atomic mass is 10.1. The molecule has 0 aliphatic rings. The Morgan fingerprint density at radius 3 is 2.58 bits per heavy atom. The van der Waals surface area contributed by atoms with Crippen LogP contribution in [0.1, 0.15) is 29.8 Å². The molecule has 2 rings (SSSR count). The number of hydrogen-bond donors (Lipinski definition) is 1. The van der Waals surface area contributed by atoms with Crippen molar-refractivity contribution in [2.45, 2.75) is 20.0 Å². The van der Waals surface area contributed by atoms with Crippen LogP contribution in [0.2, 0.25) is 5.02 Å². The normalized spacial score (nSPS) is 11.0. The topological polar surface area (TPSA) is 79.2 Å². The summed E-state index contributed by atoms with van der Waals surface area (Å²) >= 11 is 6.02. The quantitative estimate of drug-likeness (QED) is 0.480. The number of nitriles is 1. The van der Waals surface area contributed by atoms with Gasteiger partial charge in [-0.25, -0.2) is 4.79 Å². The van der Waals surface area contributed by atoms with Crippen molar-refractivity contribution in [1.29, 1.82) is 5.26 Å². The first-order valence-electron chi connectivity index (χ1n) is 7.89. The molecule has 0 unspecified atom stereocenters. The standard InChI is InChI=1S/C20H17ClN2O3/c1-13(2)26-20(25)15(12-22)10-14-6-5-7-16(11-14)23-19(24)17-8-3-4-9-18(17)21/h3-11,13H,1-2H3,(H,23,24). The first-order valence-corrected chi connectivity index (χ1v) is 8.27. The molecule has 0 aliphatic carbocycles. The van der Waals surface area contributed by atoms with Gasteiger partial charge in [0.15, 0.2) is 0 Å². The number of esters is 1. The summed E-state index contributed by atoms with van der Waals surface area (Å²) in [6.45, 7) is 3.41. The highest BCUT2D eigenvalue weighted by molar-refractivity contribution is 6.34. The summed E-state index contributed by atoms with van der Waals surface area (Å²) in [7, 11) is 0. The van der Waals surface area contributed by atoms with Crippen LogP contribution in [0.5, 0.6) is 0 Å². The maximum Gasteiger partial charge on any atom is 0.349 e. The molecule has 0 spiro atoms. The van der Waals surface area contributed by atoms with Gasteiger partial charge in [-0.3, -0.25) is 4.79 Å². The number of amides is 1. The summed E-state index contributed by atoms with van der Waals surface area (Å²) in [6, 6.07) is 15.3. The van der Waals surface area contributed by atoms with E-state index in [2.05, 4.69) is 5.32 Å². The molecule has 0 saturated carbocycles. The molecule has 0 bridgehead atoms. The van der Waals surface area contributed by atoms with E-state index in [9.17, 15) is 9.59 Å². The average Bonchev–Trinajstić information content (AvgIpc) is 2.59. The van der Waals surface area contributed by atoms with E-state index in [1.165, 1.54) is 6.08 Å². The maximum absolute atomic E-state index is 12.3. The predicted octanol–water partition coefficient (Wildman–Crippen LogP) is 4.45. The van der Waals surface area contributed by atoms with Crippen LogP contribution in [-0.2, 0) is 9.53 Å². The van der Waals surface area contributed by atoms with Crippen molar-refractivity contribution in [2.75, 3.05) is 5.32 Å². The molecule has 2 aromatic carbocycles. The first-order chi connectivity index (χ1) is 12.4. The van der Waals surface area contributed by atoms with Crippen LogP contribution < -0.4 is 5.32 Å². The Morgan fingerprint density at radius 2 is 1.92 bits per heavy atom. The maximum atomic E-state index is 12.3. The Morgan fingerprint density at radius 1 is 1.19 bits per heavy atom. The van der Waals surface area contributed by atoms with Gasteiger partial charge >= 0.3 is 5.97 Å². The van der Waals surface area contributed by atoms with E-state index in [0.29, 0.717) is 21.8 Å². The van der Waals surface area contributed by atoms with Crippen LogP contribution in [0, 0.1) is 11.3 Å². The number of rotatable bonds is 5. The molecular weight excluding hydrogens is 352 g/mol. The van der Waals surface area contributed by atoms with Gasteiger partial charge in [-0.1, -0.05) is 35.9 Å². The third kappa shape index (κ3) is 5.20. The van der Waals surface area contributed by atoms with Crippen LogP contribution in [-0.4, -0.2) is 18.0 Å². The molecule has 0 aliphatic heterocycles. The molecule has 0 fully saturated rings. The summed E-state index contributed by atoms with van der Waals surface area (Å²) in [5.74, 6) is -1.04. The number of anilines is 1. The third-order valence-electron chi connectivity index (χ3n) is 3.26. The summed E-state index contributed by atoms with van der Waals surface area (Å²) in [5.41, 5.74) is 1.33. The van der Waals surface area contributed by atoms with Crippen LogP contribution in [0.3, 0.4) is 0 Å². The molecule has 5 nitrogen and oxygen atoms in total. The van der Waals surface area contributed by atoms with E-state index in [-0.39, 0.29) is 17.6 Å². The van der Waals surface area contributed by atoms with Gasteiger partial charge < -0.3 is 10.1 Å². The molecule has 0 radical (unpaired) electrons. The van der Waals surface area contributed by atoms with Crippen LogP contribution in [0.4, 0.5) is 5.69 Å². The highest BCUT2D eigenvalue weighted by atomic mass is 35.5. The van der Waals surface area contributed by atoms with Gasteiger partial charge in [0.25, 0.3) is 5.91 Å². The number of benzene rings is 2. The van der Waals surface area contributed by atoms with Gasteiger partial charge in [-0.15, -0.1) is 0 Å². The highest BCUT2D eigenvalue weighted by Gasteiger charge is 2.13. The molecule has 0 saturated heterocycles. The fourth-order valence-electron chi connectivity index (χ4n) is 2.13. The lowest BCUT2D eigenvalue weighted by molar-refractivity contribution is -0.142.